The van der Waals surface area contributed by atoms with E-state index < -0.39 is 0 Å². The third-order valence-electron chi connectivity index (χ3n) is 3.17. The number of nitrogens with zero attached hydrogens (tertiary/aromatic N) is 1. The Morgan fingerprint density at radius 1 is 1.12 bits per heavy atom. The number of carbonyl (C=O) groups excluding carboxylic acids is 2. The fourth-order valence-electron chi connectivity index (χ4n) is 2.36. The van der Waals surface area contributed by atoms with Crippen LogP contribution in [0.15, 0.2) is 30.4 Å². The highest BCUT2D eigenvalue weighted by molar-refractivity contribution is 6.28. The van der Waals surface area contributed by atoms with Crippen LogP contribution in [0.3, 0.4) is 0 Å². The minimum absolute atomic E-state index is 0.248. The Hall–Kier alpha value is -1.94. The molecule has 1 N–H and O–H groups in total. The van der Waals surface area contributed by atoms with Gasteiger partial charge in [0.25, 0.3) is 11.8 Å². The summed E-state index contributed by atoms with van der Waals surface area (Å²) in [7, 11) is 0. The number of carbonyl (C=O) groups is 2. The normalized spacial score (nSPS) is 18.7. The smallest absolute Gasteiger partial charge is 0.258 e. The molecule has 0 bridgehead atoms. The van der Waals surface area contributed by atoms with Crippen LogP contribution in [-0.2, 0) is 22.6 Å². The molecule has 4 nitrogen and oxygen atoms in total. The average Bonchev–Trinajstić information content (AvgIpc) is 2.69. The lowest BCUT2D eigenvalue weighted by Crippen LogP contribution is -2.33. The number of benzene rings is 1. The summed E-state index contributed by atoms with van der Waals surface area (Å²) in [5, 5.41) is 3.28. The number of hydrogen-bond donors (Lipinski definition) is 1. The van der Waals surface area contributed by atoms with Crippen molar-refractivity contribution in [2.24, 2.45) is 0 Å². The Kier molecular flexibility index (Phi) is 2.30. The number of imide groups is 1. The maximum atomic E-state index is 11.7. The third-order valence-corrected chi connectivity index (χ3v) is 3.17. The highest BCUT2D eigenvalue weighted by atomic mass is 16.2. The standard InChI is InChI=1S/C13H12N2O2/c16-12-4-5-13(17)15(12)11-3-1-2-9-8-14-7-6-10(9)11/h1-5,14H,6-8H2. The Morgan fingerprint density at radius 2 is 1.88 bits per heavy atom. The van der Waals surface area contributed by atoms with Crippen LogP contribution in [-0.4, -0.2) is 18.4 Å². The van der Waals surface area contributed by atoms with Crippen molar-refractivity contribution in [3.63, 3.8) is 0 Å². The second-order valence-electron chi connectivity index (χ2n) is 4.19. The molecule has 2 aliphatic heterocycles. The zero-order valence-corrected chi connectivity index (χ0v) is 9.27. The van der Waals surface area contributed by atoms with Gasteiger partial charge in [-0.25, -0.2) is 4.90 Å². The topological polar surface area (TPSA) is 49.4 Å². The molecule has 3 rings (SSSR count). The summed E-state index contributed by atoms with van der Waals surface area (Å²) in [4.78, 5) is 24.6. The summed E-state index contributed by atoms with van der Waals surface area (Å²) in [5.74, 6) is -0.496. The first kappa shape index (κ1) is 10.2. The lowest BCUT2D eigenvalue weighted by atomic mass is 9.98. The predicted octanol–water partition coefficient (Wildman–Crippen LogP) is 0.762. The molecule has 2 heterocycles. The van der Waals surface area contributed by atoms with Gasteiger partial charge in [-0.15, -0.1) is 0 Å². The molecule has 0 atom stereocenters. The van der Waals surface area contributed by atoms with E-state index in [-0.39, 0.29) is 11.8 Å². The van der Waals surface area contributed by atoms with Crippen molar-refractivity contribution in [1.82, 2.24) is 5.32 Å². The SMILES string of the molecule is O=C1C=CC(=O)N1c1cccc2c1CCNC2. The van der Waals surface area contributed by atoms with Crippen LogP contribution in [0.2, 0.25) is 0 Å². The summed E-state index contributed by atoms with van der Waals surface area (Å²) in [6.07, 6.45) is 3.49. The third kappa shape index (κ3) is 1.57. The van der Waals surface area contributed by atoms with E-state index in [0.717, 1.165) is 30.8 Å². The van der Waals surface area contributed by atoms with E-state index in [0.29, 0.717) is 0 Å². The summed E-state index contributed by atoms with van der Waals surface area (Å²) in [5.41, 5.74) is 3.02. The molecule has 0 radical (unpaired) electrons. The first-order chi connectivity index (χ1) is 8.27. The van der Waals surface area contributed by atoms with E-state index in [4.69, 9.17) is 0 Å². The van der Waals surface area contributed by atoms with E-state index in [1.807, 2.05) is 18.2 Å². The molecule has 0 spiro atoms. The summed E-state index contributed by atoms with van der Waals surface area (Å²) in [6, 6.07) is 5.76. The van der Waals surface area contributed by atoms with Crippen molar-refractivity contribution < 1.29 is 9.59 Å². The van der Waals surface area contributed by atoms with Crippen molar-refractivity contribution in [3.05, 3.63) is 41.5 Å². The number of fused-ring (bicyclic) bond motifs is 1. The molecule has 86 valence electrons. The van der Waals surface area contributed by atoms with Crippen LogP contribution in [0, 0.1) is 0 Å². The maximum absolute atomic E-state index is 11.7. The van der Waals surface area contributed by atoms with Gasteiger partial charge in [0.05, 0.1) is 5.69 Å². The van der Waals surface area contributed by atoms with Gasteiger partial charge in [0.2, 0.25) is 0 Å². The minimum Gasteiger partial charge on any atom is -0.312 e. The zero-order chi connectivity index (χ0) is 11.8. The monoisotopic (exact) mass is 228 g/mol. The molecular formula is C13H12N2O2. The fourth-order valence-corrected chi connectivity index (χ4v) is 2.36. The van der Waals surface area contributed by atoms with Crippen molar-refractivity contribution in [3.8, 4) is 0 Å². The van der Waals surface area contributed by atoms with Crippen LogP contribution in [0.1, 0.15) is 11.1 Å². The lowest BCUT2D eigenvalue weighted by Gasteiger charge is -2.24. The second-order valence-corrected chi connectivity index (χ2v) is 4.19. The van der Waals surface area contributed by atoms with E-state index in [9.17, 15) is 9.59 Å². The van der Waals surface area contributed by atoms with Gasteiger partial charge >= 0.3 is 0 Å². The number of nitrogens with one attached hydrogen (secondary N) is 1. The molecule has 0 aliphatic carbocycles. The second kappa shape index (κ2) is 3.82. The molecule has 2 amide bonds. The molecule has 0 saturated carbocycles. The molecule has 2 aliphatic rings. The average molecular weight is 228 g/mol. The quantitative estimate of drug-likeness (QED) is 0.722. The molecular weight excluding hydrogens is 216 g/mol. The van der Waals surface area contributed by atoms with E-state index >= 15 is 0 Å². The van der Waals surface area contributed by atoms with Gasteiger partial charge in [-0.1, -0.05) is 12.1 Å². The molecule has 0 unspecified atom stereocenters. The molecule has 0 aromatic heterocycles. The van der Waals surface area contributed by atoms with Gasteiger partial charge < -0.3 is 5.32 Å². The Morgan fingerprint density at radius 3 is 2.65 bits per heavy atom. The van der Waals surface area contributed by atoms with Crippen LogP contribution >= 0.6 is 0 Å². The predicted molar refractivity (Wildman–Crippen MR) is 63.5 cm³/mol. The number of rotatable bonds is 1. The highest BCUT2D eigenvalue weighted by Crippen LogP contribution is 2.28. The summed E-state index contributed by atoms with van der Waals surface area (Å²) >= 11 is 0. The molecule has 0 saturated heterocycles. The van der Waals surface area contributed by atoms with E-state index in [2.05, 4.69) is 5.32 Å². The molecule has 4 heteroatoms. The Labute approximate surface area is 98.9 Å². The highest BCUT2D eigenvalue weighted by Gasteiger charge is 2.28. The maximum Gasteiger partial charge on any atom is 0.258 e. The molecule has 1 aromatic rings. The largest absolute Gasteiger partial charge is 0.312 e. The number of amides is 2. The van der Waals surface area contributed by atoms with Crippen LogP contribution in [0.5, 0.6) is 0 Å². The first-order valence-electron chi connectivity index (χ1n) is 5.65. The van der Waals surface area contributed by atoms with Gasteiger partial charge in [0, 0.05) is 18.7 Å². The van der Waals surface area contributed by atoms with Gasteiger partial charge in [-0.05, 0) is 30.2 Å². The lowest BCUT2D eigenvalue weighted by molar-refractivity contribution is -0.119. The van der Waals surface area contributed by atoms with Crippen molar-refractivity contribution in [2.75, 3.05) is 11.4 Å². The Balaban J connectivity index is 2.09. The van der Waals surface area contributed by atoms with Crippen LogP contribution in [0.4, 0.5) is 5.69 Å². The molecule has 0 fully saturated rings. The molecule has 17 heavy (non-hydrogen) atoms. The van der Waals surface area contributed by atoms with E-state index in [1.54, 1.807) is 0 Å². The van der Waals surface area contributed by atoms with Crippen LogP contribution < -0.4 is 10.2 Å². The van der Waals surface area contributed by atoms with Crippen LogP contribution in [0.25, 0.3) is 0 Å². The van der Waals surface area contributed by atoms with Crippen molar-refractivity contribution in [2.45, 2.75) is 13.0 Å². The van der Waals surface area contributed by atoms with Gasteiger partial charge in [-0.2, -0.15) is 0 Å². The minimum atomic E-state index is -0.248. The summed E-state index contributed by atoms with van der Waals surface area (Å²) in [6.45, 7) is 1.68. The summed E-state index contributed by atoms with van der Waals surface area (Å²) < 4.78 is 0. The van der Waals surface area contributed by atoms with Gasteiger partial charge in [0.15, 0.2) is 0 Å². The van der Waals surface area contributed by atoms with Crippen molar-refractivity contribution >= 4 is 17.5 Å². The first-order valence-corrected chi connectivity index (χ1v) is 5.65. The van der Waals surface area contributed by atoms with E-state index in [1.165, 1.54) is 22.6 Å². The fraction of sp³-hybridized carbons (Fsp3) is 0.231. The molecule has 1 aromatic carbocycles. The Bertz CT molecular complexity index is 516. The number of anilines is 1. The van der Waals surface area contributed by atoms with Crippen molar-refractivity contribution in [1.29, 1.82) is 0 Å². The van der Waals surface area contributed by atoms with Gasteiger partial charge in [0.1, 0.15) is 0 Å². The van der Waals surface area contributed by atoms with Gasteiger partial charge in [-0.3, -0.25) is 9.59 Å². The number of hydrogen-bond acceptors (Lipinski definition) is 3. The zero-order valence-electron chi connectivity index (χ0n) is 9.27.